The molecule has 0 fully saturated rings. The van der Waals surface area contributed by atoms with Crippen LogP contribution in [0.3, 0.4) is 0 Å². The molecule has 1 aliphatic rings. The van der Waals surface area contributed by atoms with Crippen LogP contribution in [-0.4, -0.2) is 44.1 Å². The molecule has 38 heavy (non-hydrogen) atoms. The van der Waals surface area contributed by atoms with E-state index in [0.717, 1.165) is 12.1 Å². The highest BCUT2D eigenvalue weighted by atomic mass is 32.2. The predicted molar refractivity (Wildman–Crippen MR) is 139 cm³/mol. The second-order valence-electron chi connectivity index (χ2n) is 9.90. The van der Waals surface area contributed by atoms with E-state index < -0.39 is 27.2 Å². The number of halogens is 1. The number of hydrogen-bond donors (Lipinski definition) is 1. The van der Waals surface area contributed by atoms with Crippen molar-refractivity contribution in [3.8, 4) is 5.75 Å². The number of fused-ring (bicyclic) bond motifs is 1. The zero-order chi connectivity index (χ0) is 27.8. The second-order valence-corrected chi connectivity index (χ2v) is 11.8. The van der Waals surface area contributed by atoms with Crippen LogP contribution in [0, 0.1) is 12.7 Å². The number of benzene rings is 2. The highest BCUT2D eigenvalue weighted by molar-refractivity contribution is 7.91. The van der Waals surface area contributed by atoms with E-state index in [-0.39, 0.29) is 35.3 Å². The first kappa shape index (κ1) is 27.4. The van der Waals surface area contributed by atoms with Crippen molar-refractivity contribution in [2.24, 2.45) is 0 Å². The van der Waals surface area contributed by atoms with E-state index in [9.17, 15) is 22.4 Å². The number of carbonyl (C=O) groups is 2. The van der Waals surface area contributed by atoms with Gasteiger partial charge in [-0.25, -0.2) is 12.8 Å². The number of amides is 1. The van der Waals surface area contributed by atoms with Crippen LogP contribution >= 0.6 is 0 Å². The van der Waals surface area contributed by atoms with Crippen LogP contribution in [0.15, 0.2) is 52.3 Å². The van der Waals surface area contributed by atoms with Gasteiger partial charge >= 0.3 is 5.97 Å². The molecule has 2 aromatic carbocycles. The molecule has 3 aromatic rings. The summed E-state index contributed by atoms with van der Waals surface area (Å²) in [4.78, 5) is 25.7. The Morgan fingerprint density at radius 3 is 2.47 bits per heavy atom. The van der Waals surface area contributed by atoms with Crippen molar-refractivity contribution in [3.05, 3.63) is 76.4 Å². The van der Waals surface area contributed by atoms with Crippen LogP contribution in [0.4, 0.5) is 4.39 Å². The van der Waals surface area contributed by atoms with Crippen molar-refractivity contribution in [3.63, 3.8) is 0 Å². The van der Waals surface area contributed by atoms with Crippen LogP contribution in [0.1, 0.15) is 53.6 Å². The normalized spacial score (nSPS) is 14.5. The maximum Gasteiger partial charge on any atom is 0.325 e. The van der Waals surface area contributed by atoms with E-state index in [1.165, 1.54) is 25.3 Å². The minimum atomic E-state index is -4.02. The van der Waals surface area contributed by atoms with Gasteiger partial charge in [0.15, 0.2) is 0 Å². The molecule has 0 unspecified atom stereocenters. The van der Waals surface area contributed by atoms with Crippen LogP contribution in [-0.2, 0) is 38.8 Å². The highest BCUT2D eigenvalue weighted by Crippen LogP contribution is 2.35. The van der Waals surface area contributed by atoms with Gasteiger partial charge in [-0.3, -0.25) is 9.59 Å². The molecule has 1 N–H and O–H groups in total. The molecule has 8 nitrogen and oxygen atoms in total. The van der Waals surface area contributed by atoms with Gasteiger partial charge in [-0.1, -0.05) is 0 Å². The summed E-state index contributed by atoms with van der Waals surface area (Å²) >= 11 is 0. The van der Waals surface area contributed by atoms with Gasteiger partial charge in [0.05, 0.1) is 29.1 Å². The van der Waals surface area contributed by atoms with E-state index in [0.29, 0.717) is 40.2 Å². The molecule has 0 saturated heterocycles. The zero-order valence-electron chi connectivity index (χ0n) is 22.1. The van der Waals surface area contributed by atoms with Crippen LogP contribution in [0.2, 0.25) is 0 Å². The lowest BCUT2D eigenvalue weighted by Crippen LogP contribution is -2.49. The molecular formula is C28H31FN2O6S. The summed E-state index contributed by atoms with van der Waals surface area (Å²) in [5.74, 6) is -0.813. The Balaban J connectivity index is 1.88. The number of methoxy groups -OCH3 is 1. The molecule has 10 heteroatoms. The fourth-order valence-electron chi connectivity index (χ4n) is 4.92. The molecule has 202 valence electrons. The number of sulfone groups is 1. The van der Waals surface area contributed by atoms with Gasteiger partial charge in [0, 0.05) is 29.8 Å². The number of ether oxygens (including phenoxy) is 2. The van der Waals surface area contributed by atoms with Crippen molar-refractivity contribution in [1.82, 2.24) is 9.88 Å². The third-order valence-electron chi connectivity index (χ3n) is 6.69. The molecule has 1 amide bonds. The van der Waals surface area contributed by atoms with Crippen LogP contribution in [0.25, 0.3) is 0 Å². The summed E-state index contributed by atoms with van der Waals surface area (Å²) in [5, 5.41) is 3.01. The van der Waals surface area contributed by atoms with Crippen molar-refractivity contribution in [2.45, 2.75) is 62.4 Å². The molecule has 0 saturated carbocycles. The molecule has 0 bridgehead atoms. The van der Waals surface area contributed by atoms with E-state index in [1.807, 2.05) is 20.8 Å². The lowest BCUT2D eigenvalue weighted by Gasteiger charge is -2.32. The first-order valence-corrected chi connectivity index (χ1v) is 13.7. The minimum Gasteiger partial charge on any atom is -0.497 e. The predicted octanol–water partition coefficient (Wildman–Crippen LogP) is 4.00. The second kappa shape index (κ2) is 10.2. The van der Waals surface area contributed by atoms with Gasteiger partial charge in [-0.2, -0.15) is 0 Å². The fraction of sp³-hybridized carbons (Fsp3) is 0.357. The Labute approximate surface area is 221 Å². The van der Waals surface area contributed by atoms with Crippen molar-refractivity contribution < 1.29 is 31.9 Å². The number of nitrogens with one attached hydrogen (secondary N) is 1. The molecule has 2 heterocycles. The number of esters is 1. The first-order valence-electron chi connectivity index (χ1n) is 12.2. The zero-order valence-corrected chi connectivity index (χ0v) is 22.9. The third kappa shape index (κ3) is 5.18. The fourth-order valence-corrected chi connectivity index (χ4v) is 6.39. The van der Waals surface area contributed by atoms with Gasteiger partial charge in [0.2, 0.25) is 9.84 Å². The number of rotatable bonds is 8. The summed E-state index contributed by atoms with van der Waals surface area (Å²) in [5.41, 5.74) is 2.28. The number of hydrogen-bond acceptors (Lipinski definition) is 6. The van der Waals surface area contributed by atoms with Gasteiger partial charge in [-0.05, 0) is 81.3 Å². The third-order valence-corrected chi connectivity index (χ3v) is 8.56. The van der Waals surface area contributed by atoms with E-state index in [4.69, 9.17) is 9.47 Å². The SMILES string of the molecule is CCOC(=O)Cn1c(C)c(Cc2cc(OC)ccc2S(=O)(=O)c2ccc(F)cc2)c2c1CC(C)(C)NC2=O. The van der Waals surface area contributed by atoms with E-state index >= 15 is 0 Å². The van der Waals surface area contributed by atoms with Crippen LogP contribution in [0.5, 0.6) is 5.75 Å². The lowest BCUT2D eigenvalue weighted by atomic mass is 9.89. The monoisotopic (exact) mass is 542 g/mol. The molecule has 0 aliphatic carbocycles. The highest BCUT2D eigenvalue weighted by Gasteiger charge is 2.37. The van der Waals surface area contributed by atoms with Crippen LogP contribution < -0.4 is 10.1 Å². The Morgan fingerprint density at radius 1 is 1.16 bits per heavy atom. The summed E-state index contributed by atoms with van der Waals surface area (Å²) in [7, 11) is -2.54. The Kier molecular flexibility index (Phi) is 7.38. The largest absolute Gasteiger partial charge is 0.497 e. The summed E-state index contributed by atoms with van der Waals surface area (Å²) in [6.07, 6.45) is 0.567. The van der Waals surface area contributed by atoms with Gasteiger partial charge in [0.25, 0.3) is 5.91 Å². The topological polar surface area (TPSA) is 104 Å². The number of carbonyl (C=O) groups excluding carboxylic acids is 2. The van der Waals surface area contributed by atoms with Crippen molar-refractivity contribution in [2.75, 3.05) is 13.7 Å². The summed E-state index contributed by atoms with van der Waals surface area (Å²) in [6, 6.07) is 9.25. The Hall–Kier alpha value is -3.66. The molecule has 0 atom stereocenters. The number of nitrogens with zero attached hydrogens (tertiary/aromatic N) is 1. The Bertz CT molecular complexity index is 1510. The minimum absolute atomic E-state index is 0.0211. The van der Waals surface area contributed by atoms with Crippen molar-refractivity contribution in [1.29, 1.82) is 0 Å². The van der Waals surface area contributed by atoms with Gasteiger partial charge in [-0.15, -0.1) is 0 Å². The molecule has 4 rings (SSSR count). The van der Waals surface area contributed by atoms with Gasteiger partial charge in [0.1, 0.15) is 18.1 Å². The molecule has 1 aromatic heterocycles. The smallest absolute Gasteiger partial charge is 0.325 e. The maximum atomic E-state index is 13.6. The Morgan fingerprint density at radius 2 is 1.84 bits per heavy atom. The number of aromatic nitrogens is 1. The average molecular weight is 543 g/mol. The quantitative estimate of drug-likeness (QED) is 0.341. The summed E-state index contributed by atoms with van der Waals surface area (Å²) < 4.78 is 53.0. The lowest BCUT2D eigenvalue weighted by molar-refractivity contribution is -0.143. The molecule has 1 aliphatic heterocycles. The van der Waals surface area contributed by atoms with E-state index in [2.05, 4.69) is 5.32 Å². The first-order chi connectivity index (χ1) is 17.9. The van der Waals surface area contributed by atoms with Crippen molar-refractivity contribution >= 4 is 21.7 Å². The molecular weight excluding hydrogens is 511 g/mol. The maximum absolute atomic E-state index is 13.6. The molecule has 0 spiro atoms. The standard InChI is InChI=1S/C28H31FN2O6S/c1-6-37-25(32)16-31-17(2)22(26-23(31)15-28(3,4)30-27(26)33)14-18-13-20(36-5)9-12-24(18)38(34,35)21-10-7-19(29)8-11-21/h7-13H,6,14-16H2,1-5H3,(H,30,33). The average Bonchev–Trinajstić information content (AvgIpc) is 3.09. The van der Waals surface area contributed by atoms with E-state index in [1.54, 1.807) is 23.6 Å². The molecule has 0 radical (unpaired) electrons. The van der Waals surface area contributed by atoms with Gasteiger partial charge < -0.3 is 19.4 Å². The summed E-state index contributed by atoms with van der Waals surface area (Å²) in [6.45, 7) is 7.50.